The number of anilines is 2. The highest BCUT2D eigenvalue weighted by molar-refractivity contribution is 5.94. The van der Waals surface area contributed by atoms with E-state index in [4.69, 9.17) is 4.74 Å². The van der Waals surface area contributed by atoms with Crippen molar-refractivity contribution in [1.29, 1.82) is 0 Å². The van der Waals surface area contributed by atoms with Crippen molar-refractivity contribution in [3.05, 3.63) is 42.1 Å². The van der Waals surface area contributed by atoms with Crippen molar-refractivity contribution in [2.75, 3.05) is 23.9 Å². The van der Waals surface area contributed by atoms with Crippen LogP contribution in [-0.4, -0.2) is 43.2 Å². The lowest BCUT2D eigenvalue weighted by Crippen LogP contribution is -2.45. The highest BCUT2D eigenvalue weighted by atomic mass is 16.6. The second-order valence-corrected chi connectivity index (χ2v) is 8.20. The molecule has 0 unspecified atom stereocenters. The van der Waals surface area contributed by atoms with E-state index in [1.54, 1.807) is 11.8 Å². The number of hydrogen-bond acceptors (Lipinski definition) is 5. The number of ether oxygens (including phenoxy) is 1. The van der Waals surface area contributed by atoms with Gasteiger partial charge in [-0.1, -0.05) is 6.07 Å². The molecule has 160 valence electrons. The first-order chi connectivity index (χ1) is 14.2. The molecule has 7 heteroatoms. The number of hydrogen-bond donors (Lipinski definition) is 1. The summed E-state index contributed by atoms with van der Waals surface area (Å²) in [6.07, 6.45) is 1.79. The van der Waals surface area contributed by atoms with Gasteiger partial charge in [-0.05, 0) is 62.6 Å². The molecule has 0 fully saturated rings. The summed E-state index contributed by atoms with van der Waals surface area (Å²) in [5, 5.41) is 2.98. The van der Waals surface area contributed by atoms with E-state index in [1.165, 1.54) is 0 Å². The highest BCUT2D eigenvalue weighted by Crippen LogP contribution is 2.39. The van der Waals surface area contributed by atoms with Crippen LogP contribution in [0.3, 0.4) is 0 Å². The topological polar surface area (TPSA) is 74.8 Å². The molecule has 2 amide bonds. The van der Waals surface area contributed by atoms with Gasteiger partial charge >= 0.3 is 6.09 Å². The minimum Gasteiger partial charge on any atom is -0.447 e. The smallest absolute Gasteiger partial charge is 0.407 e. The van der Waals surface area contributed by atoms with Crippen LogP contribution in [0, 0.1) is 0 Å². The number of aromatic nitrogens is 1. The molecule has 0 bridgehead atoms. The number of carbonyl (C=O) groups is 2. The van der Waals surface area contributed by atoms with Gasteiger partial charge in [0.25, 0.3) is 0 Å². The highest BCUT2D eigenvalue weighted by Gasteiger charge is 2.33. The van der Waals surface area contributed by atoms with Crippen molar-refractivity contribution in [3.63, 3.8) is 0 Å². The quantitative estimate of drug-likeness (QED) is 0.820. The summed E-state index contributed by atoms with van der Waals surface area (Å²) in [4.78, 5) is 32.8. The first kappa shape index (κ1) is 21.6. The van der Waals surface area contributed by atoms with Gasteiger partial charge in [0.1, 0.15) is 5.82 Å². The maximum absolute atomic E-state index is 12.3. The molecule has 1 aliphatic rings. The molecule has 0 saturated heterocycles. The number of benzene rings is 1. The zero-order valence-corrected chi connectivity index (χ0v) is 18.5. The fourth-order valence-electron chi connectivity index (χ4n) is 3.87. The Labute approximate surface area is 178 Å². The molecule has 0 spiro atoms. The van der Waals surface area contributed by atoms with Gasteiger partial charge in [0.15, 0.2) is 0 Å². The van der Waals surface area contributed by atoms with Crippen LogP contribution in [0.2, 0.25) is 0 Å². The average molecular weight is 411 g/mol. The van der Waals surface area contributed by atoms with Crippen LogP contribution >= 0.6 is 0 Å². The van der Waals surface area contributed by atoms with E-state index in [2.05, 4.69) is 10.3 Å². The molecule has 1 aliphatic heterocycles. The SMILES string of the molecule is CC(=O)N1c2ccc(-c3ccc(N(C)C)nc3)cc2[C@H](NC(=O)OC(C)C)C[C@@H]1C. The zero-order chi connectivity index (χ0) is 22.0. The number of pyridine rings is 1. The molecular formula is C23H30N4O3. The molecule has 7 nitrogen and oxygen atoms in total. The number of nitrogens with one attached hydrogen (secondary N) is 1. The standard InChI is InChI=1S/C23H30N4O3/c1-14(2)30-23(29)25-20-11-15(3)27(16(4)28)21-9-7-17(12-19(20)21)18-8-10-22(24-13-18)26(5)6/h7-10,12-15,20H,11H2,1-6H3,(H,25,29)/t15-,20+/m0/s1. The summed E-state index contributed by atoms with van der Waals surface area (Å²) in [6.45, 7) is 7.19. The fourth-order valence-corrected chi connectivity index (χ4v) is 3.87. The molecule has 0 saturated carbocycles. The summed E-state index contributed by atoms with van der Waals surface area (Å²) in [5.74, 6) is 0.862. The minimum atomic E-state index is -0.452. The summed E-state index contributed by atoms with van der Waals surface area (Å²) in [7, 11) is 3.90. The van der Waals surface area contributed by atoms with E-state index in [9.17, 15) is 9.59 Å². The average Bonchev–Trinajstić information content (AvgIpc) is 2.66. The predicted molar refractivity (Wildman–Crippen MR) is 119 cm³/mol. The number of carbonyl (C=O) groups excluding carboxylic acids is 2. The van der Waals surface area contributed by atoms with E-state index in [1.807, 2.05) is 76.3 Å². The molecule has 0 aliphatic carbocycles. The molecule has 0 radical (unpaired) electrons. The Morgan fingerprint density at radius 2 is 1.90 bits per heavy atom. The molecule has 1 aromatic heterocycles. The van der Waals surface area contributed by atoms with Gasteiger partial charge in [-0.3, -0.25) is 4.79 Å². The normalized spacial score (nSPS) is 18.0. The third kappa shape index (κ3) is 4.56. The van der Waals surface area contributed by atoms with Gasteiger partial charge in [0, 0.05) is 44.5 Å². The Balaban J connectivity index is 2.00. The first-order valence-electron chi connectivity index (χ1n) is 10.2. The van der Waals surface area contributed by atoms with E-state index in [0.29, 0.717) is 6.42 Å². The molecule has 2 atom stereocenters. The van der Waals surface area contributed by atoms with E-state index >= 15 is 0 Å². The van der Waals surface area contributed by atoms with Crippen molar-refractivity contribution < 1.29 is 14.3 Å². The van der Waals surface area contributed by atoms with Crippen LogP contribution in [0.1, 0.15) is 45.7 Å². The fraction of sp³-hybridized carbons (Fsp3) is 0.435. The Morgan fingerprint density at radius 1 is 1.20 bits per heavy atom. The van der Waals surface area contributed by atoms with Gasteiger partial charge in [0.05, 0.1) is 12.1 Å². The van der Waals surface area contributed by atoms with Gasteiger partial charge in [-0.15, -0.1) is 0 Å². The summed E-state index contributed by atoms with van der Waals surface area (Å²) in [5.41, 5.74) is 3.67. The number of fused-ring (bicyclic) bond motifs is 1. The first-order valence-corrected chi connectivity index (χ1v) is 10.2. The molecule has 3 rings (SSSR count). The minimum absolute atomic E-state index is 0.0169. The second kappa shape index (κ2) is 8.73. The van der Waals surface area contributed by atoms with Crippen LogP contribution in [0.5, 0.6) is 0 Å². The predicted octanol–water partition coefficient (Wildman–Crippen LogP) is 4.14. The second-order valence-electron chi connectivity index (χ2n) is 8.20. The number of nitrogens with zero attached hydrogens (tertiary/aromatic N) is 3. The lowest BCUT2D eigenvalue weighted by Gasteiger charge is -2.39. The zero-order valence-electron chi connectivity index (χ0n) is 18.5. The van der Waals surface area contributed by atoms with Crippen LogP contribution < -0.4 is 15.1 Å². The molecule has 1 aromatic carbocycles. The maximum Gasteiger partial charge on any atom is 0.407 e. The van der Waals surface area contributed by atoms with E-state index in [0.717, 1.165) is 28.2 Å². The van der Waals surface area contributed by atoms with Crippen molar-refractivity contribution >= 4 is 23.5 Å². The van der Waals surface area contributed by atoms with Crippen LogP contribution in [0.4, 0.5) is 16.3 Å². The molecule has 2 aromatic rings. The van der Waals surface area contributed by atoms with Gasteiger partial charge < -0.3 is 19.9 Å². The van der Waals surface area contributed by atoms with E-state index < -0.39 is 6.09 Å². The van der Waals surface area contributed by atoms with Crippen molar-refractivity contribution in [2.45, 2.75) is 52.3 Å². The van der Waals surface area contributed by atoms with Crippen molar-refractivity contribution in [1.82, 2.24) is 10.3 Å². The van der Waals surface area contributed by atoms with Crippen LogP contribution in [0.25, 0.3) is 11.1 Å². The number of alkyl carbamates (subject to hydrolysis) is 1. The maximum atomic E-state index is 12.3. The Morgan fingerprint density at radius 3 is 2.47 bits per heavy atom. The lowest BCUT2D eigenvalue weighted by atomic mass is 9.89. The van der Waals surface area contributed by atoms with E-state index in [-0.39, 0.29) is 24.1 Å². The van der Waals surface area contributed by atoms with Crippen LogP contribution in [-0.2, 0) is 9.53 Å². The molecular weight excluding hydrogens is 380 g/mol. The summed E-state index contributed by atoms with van der Waals surface area (Å²) in [6, 6.07) is 9.68. The van der Waals surface area contributed by atoms with Gasteiger partial charge in [-0.25, -0.2) is 9.78 Å². The lowest BCUT2D eigenvalue weighted by molar-refractivity contribution is -0.117. The number of rotatable bonds is 4. The molecule has 2 heterocycles. The van der Waals surface area contributed by atoms with Crippen molar-refractivity contribution in [2.24, 2.45) is 0 Å². The largest absolute Gasteiger partial charge is 0.447 e. The van der Waals surface area contributed by atoms with Crippen LogP contribution in [0.15, 0.2) is 36.5 Å². The molecule has 30 heavy (non-hydrogen) atoms. The Kier molecular flexibility index (Phi) is 6.29. The monoisotopic (exact) mass is 410 g/mol. The van der Waals surface area contributed by atoms with Gasteiger partial charge in [-0.2, -0.15) is 0 Å². The summed E-state index contributed by atoms with van der Waals surface area (Å²) < 4.78 is 5.28. The van der Waals surface area contributed by atoms with Crippen molar-refractivity contribution in [3.8, 4) is 11.1 Å². The summed E-state index contributed by atoms with van der Waals surface area (Å²) >= 11 is 0. The third-order valence-corrected chi connectivity index (χ3v) is 5.19. The molecule has 1 N–H and O–H groups in total. The number of amides is 2. The Hall–Kier alpha value is -3.09. The Bertz CT molecular complexity index is 925. The third-order valence-electron chi connectivity index (χ3n) is 5.19. The van der Waals surface area contributed by atoms with Gasteiger partial charge in [0.2, 0.25) is 5.91 Å².